The molecular formula is C9H23KO2. The average Bonchev–Trinajstić information content (AvgIpc) is 1.90. The van der Waals surface area contributed by atoms with Crippen LogP contribution in [-0.2, 0) is 4.74 Å². The standard InChI is InChI=1S/C5H12O.C4H10O.K.H/c1-4-5(2,3)6;1-3-5-4-2;;/h6H,4H2,1-3H3;3-4H2,1-2H3;;. The van der Waals surface area contributed by atoms with Gasteiger partial charge in [-0.1, -0.05) is 6.92 Å². The molecule has 0 aromatic carbocycles. The second-order valence-electron chi connectivity index (χ2n) is 2.95. The Labute approximate surface area is 119 Å². The summed E-state index contributed by atoms with van der Waals surface area (Å²) in [4.78, 5) is 0. The van der Waals surface area contributed by atoms with Crippen molar-refractivity contribution in [1.29, 1.82) is 0 Å². The van der Waals surface area contributed by atoms with Gasteiger partial charge in [0.25, 0.3) is 0 Å². The van der Waals surface area contributed by atoms with Gasteiger partial charge in [0.05, 0.1) is 5.60 Å². The van der Waals surface area contributed by atoms with E-state index in [2.05, 4.69) is 0 Å². The van der Waals surface area contributed by atoms with Gasteiger partial charge in [-0.05, 0) is 34.1 Å². The van der Waals surface area contributed by atoms with Crippen LogP contribution in [0, 0.1) is 0 Å². The Balaban J connectivity index is -0.000000126. The van der Waals surface area contributed by atoms with Gasteiger partial charge >= 0.3 is 51.4 Å². The number of ether oxygens (including phenoxy) is 1. The predicted octanol–water partition coefficient (Wildman–Crippen LogP) is 1.56. The maximum atomic E-state index is 8.83. The number of hydrogen-bond donors (Lipinski definition) is 1. The molecule has 0 radical (unpaired) electrons. The van der Waals surface area contributed by atoms with Gasteiger partial charge in [0.2, 0.25) is 0 Å². The van der Waals surface area contributed by atoms with Crippen molar-refractivity contribution in [2.75, 3.05) is 13.2 Å². The van der Waals surface area contributed by atoms with E-state index in [0.29, 0.717) is 0 Å². The van der Waals surface area contributed by atoms with Crippen LogP contribution in [0.2, 0.25) is 0 Å². The molecule has 0 unspecified atom stereocenters. The van der Waals surface area contributed by atoms with Crippen LogP contribution in [0.3, 0.4) is 0 Å². The number of aliphatic hydroxyl groups is 1. The Morgan fingerprint density at radius 1 is 1.08 bits per heavy atom. The molecule has 0 heterocycles. The van der Waals surface area contributed by atoms with E-state index in [-0.39, 0.29) is 51.4 Å². The molecule has 0 atom stereocenters. The van der Waals surface area contributed by atoms with Crippen LogP contribution in [0.25, 0.3) is 0 Å². The monoisotopic (exact) mass is 202 g/mol. The van der Waals surface area contributed by atoms with Crippen molar-refractivity contribution < 1.29 is 9.84 Å². The van der Waals surface area contributed by atoms with Gasteiger partial charge in [-0.2, -0.15) is 0 Å². The van der Waals surface area contributed by atoms with Gasteiger partial charge < -0.3 is 9.84 Å². The fourth-order valence-corrected chi connectivity index (χ4v) is 0.204. The van der Waals surface area contributed by atoms with Crippen LogP contribution in [-0.4, -0.2) is 75.3 Å². The molecule has 0 aromatic heterocycles. The van der Waals surface area contributed by atoms with E-state index in [1.165, 1.54) is 0 Å². The first-order chi connectivity index (χ1) is 4.97. The summed E-state index contributed by atoms with van der Waals surface area (Å²) in [7, 11) is 0. The summed E-state index contributed by atoms with van der Waals surface area (Å²) in [6.45, 7) is 11.2. The van der Waals surface area contributed by atoms with E-state index in [1.807, 2.05) is 20.8 Å². The summed E-state index contributed by atoms with van der Waals surface area (Å²) in [6.07, 6.45) is 0.826. The van der Waals surface area contributed by atoms with Crippen molar-refractivity contribution in [3.63, 3.8) is 0 Å². The summed E-state index contributed by atoms with van der Waals surface area (Å²) in [5.41, 5.74) is -0.458. The Morgan fingerprint density at radius 2 is 1.33 bits per heavy atom. The average molecular weight is 202 g/mol. The van der Waals surface area contributed by atoms with Crippen molar-refractivity contribution in [3.8, 4) is 0 Å². The van der Waals surface area contributed by atoms with Gasteiger partial charge in [0.15, 0.2) is 0 Å². The van der Waals surface area contributed by atoms with E-state index in [9.17, 15) is 0 Å². The Hall–Kier alpha value is 1.56. The van der Waals surface area contributed by atoms with Gasteiger partial charge in [-0.3, -0.25) is 0 Å². The summed E-state index contributed by atoms with van der Waals surface area (Å²) in [5.74, 6) is 0. The molecule has 2 nitrogen and oxygen atoms in total. The van der Waals surface area contributed by atoms with Crippen LogP contribution >= 0.6 is 0 Å². The quantitative estimate of drug-likeness (QED) is 0.704. The fourth-order valence-electron chi connectivity index (χ4n) is 0.204. The summed E-state index contributed by atoms with van der Waals surface area (Å²) in [5, 5.41) is 8.83. The number of hydrogen-bond acceptors (Lipinski definition) is 2. The molecule has 0 amide bonds. The van der Waals surface area contributed by atoms with Gasteiger partial charge in [-0.25, -0.2) is 0 Å². The summed E-state index contributed by atoms with van der Waals surface area (Å²) >= 11 is 0. The van der Waals surface area contributed by atoms with Gasteiger partial charge in [0.1, 0.15) is 0 Å². The minimum absolute atomic E-state index is 0. The third kappa shape index (κ3) is 30.0. The fraction of sp³-hybridized carbons (Fsp3) is 1.00. The topological polar surface area (TPSA) is 29.5 Å². The molecule has 0 spiro atoms. The molecule has 0 saturated heterocycles. The molecule has 72 valence electrons. The Morgan fingerprint density at radius 3 is 1.33 bits per heavy atom. The third-order valence-electron chi connectivity index (χ3n) is 1.27. The number of rotatable bonds is 3. The van der Waals surface area contributed by atoms with E-state index < -0.39 is 5.60 Å². The zero-order valence-corrected chi connectivity index (χ0v) is 8.48. The second kappa shape index (κ2) is 12.6. The zero-order chi connectivity index (χ0) is 9.33. The molecule has 0 aliphatic carbocycles. The van der Waals surface area contributed by atoms with Gasteiger partial charge in [-0.15, -0.1) is 0 Å². The van der Waals surface area contributed by atoms with Crippen LogP contribution in [0.1, 0.15) is 41.0 Å². The molecule has 1 N–H and O–H groups in total. The Bertz CT molecular complexity index is 67.4. The predicted molar refractivity (Wildman–Crippen MR) is 55.9 cm³/mol. The van der Waals surface area contributed by atoms with Crippen LogP contribution in [0.5, 0.6) is 0 Å². The molecule has 0 aliphatic rings. The Kier molecular flexibility index (Phi) is 20.1. The van der Waals surface area contributed by atoms with Crippen molar-refractivity contribution in [2.24, 2.45) is 0 Å². The third-order valence-corrected chi connectivity index (χ3v) is 1.27. The molecule has 0 aromatic rings. The van der Waals surface area contributed by atoms with Crippen molar-refractivity contribution >= 4 is 51.4 Å². The molecule has 0 bridgehead atoms. The van der Waals surface area contributed by atoms with Crippen molar-refractivity contribution in [1.82, 2.24) is 0 Å². The van der Waals surface area contributed by atoms with Crippen molar-refractivity contribution in [3.05, 3.63) is 0 Å². The molecule has 12 heavy (non-hydrogen) atoms. The maximum absolute atomic E-state index is 8.83. The van der Waals surface area contributed by atoms with E-state index in [4.69, 9.17) is 9.84 Å². The molecule has 0 rings (SSSR count). The molecule has 0 fully saturated rings. The normalized spacial score (nSPS) is 9.50. The first-order valence-corrected chi connectivity index (χ1v) is 4.28. The first kappa shape index (κ1) is 19.2. The molecule has 0 aliphatic heterocycles. The van der Waals surface area contributed by atoms with Crippen LogP contribution < -0.4 is 0 Å². The summed E-state index contributed by atoms with van der Waals surface area (Å²) in [6, 6.07) is 0. The zero-order valence-electron chi connectivity index (χ0n) is 8.48. The van der Waals surface area contributed by atoms with Crippen LogP contribution in [0.4, 0.5) is 0 Å². The van der Waals surface area contributed by atoms with E-state index in [1.54, 1.807) is 13.8 Å². The minimum atomic E-state index is -0.458. The van der Waals surface area contributed by atoms with Crippen LogP contribution in [0.15, 0.2) is 0 Å². The van der Waals surface area contributed by atoms with Crippen molar-refractivity contribution in [2.45, 2.75) is 46.6 Å². The van der Waals surface area contributed by atoms with Gasteiger partial charge in [0, 0.05) is 13.2 Å². The molecular weight excluding hydrogens is 179 g/mol. The molecule has 3 heteroatoms. The first-order valence-electron chi connectivity index (χ1n) is 4.28. The SMILES string of the molecule is CCC(C)(C)O.CCOCC.[KH]. The molecule has 0 saturated carbocycles. The second-order valence-corrected chi connectivity index (χ2v) is 2.95. The van der Waals surface area contributed by atoms with E-state index >= 15 is 0 Å². The van der Waals surface area contributed by atoms with E-state index in [0.717, 1.165) is 19.6 Å². The summed E-state index contributed by atoms with van der Waals surface area (Å²) < 4.78 is 4.83.